The minimum absolute atomic E-state index is 0. The van der Waals surface area contributed by atoms with Crippen LogP contribution >= 0.6 is 24.0 Å². The van der Waals surface area contributed by atoms with Gasteiger partial charge in [0.1, 0.15) is 6.10 Å². The van der Waals surface area contributed by atoms with Gasteiger partial charge in [-0.15, -0.1) is 24.0 Å². The van der Waals surface area contributed by atoms with Crippen LogP contribution in [0, 0.1) is 0 Å². The zero-order chi connectivity index (χ0) is 17.7. The van der Waals surface area contributed by atoms with Crippen molar-refractivity contribution in [3.63, 3.8) is 0 Å². The number of sulfone groups is 1. The Bertz CT molecular complexity index is 555. The van der Waals surface area contributed by atoms with Gasteiger partial charge in [-0.05, 0) is 12.8 Å². The molecule has 0 spiro atoms. The number of guanidine groups is 1. The number of morpholine rings is 1. The molecular formula is C16H31IN4O4S. The van der Waals surface area contributed by atoms with Gasteiger partial charge in [0.15, 0.2) is 15.8 Å². The van der Waals surface area contributed by atoms with E-state index in [9.17, 15) is 8.42 Å². The van der Waals surface area contributed by atoms with Crippen molar-refractivity contribution < 1.29 is 17.9 Å². The molecule has 0 saturated carbocycles. The number of nitrogens with one attached hydrogen (secondary N) is 1. The standard InChI is InChI=1S/C16H30N4O4S.HI/c1-17-16(18-4-5-19-7-11-25(21,22)12-8-19)20-6-10-24-15(13-20)14-3-2-9-23-14;/h14-15H,2-13H2,1H3,(H,17,18);1H. The van der Waals surface area contributed by atoms with Gasteiger partial charge in [0.2, 0.25) is 0 Å². The number of aliphatic imine (C=N–C) groups is 1. The van der Waals surface area contributed by atoms with Crippen LogP contribution in [0.2, 0.25) is 0 Å². The predicted molar refractivity (Wildman–Crippen MR) is 112 cm³/mol. The van der Waals surface area contributed by atoms with E-state index < -0.39 is 9.84 Å². The Morgan fingerprint density at radius 2 is 1.88 bits per heavy atom. The lowest BCUT2D eigenvalue weighted by Crippen LogP contribution is -2.54. The zero-order valence-electron chi connectivity index (χ0n) is 15.4. The number of halogens is 1. The van der Waals surface area contributed by atoms with Crippen molar-refractivity contribution in [3.8, 4) is 0 Å². The molecule has 0 bridgehead atoms. The molecule has 3 aliphatic heterocycles. The molecular weight excluding hydrogens is 471 g/mol. The van der Waals surface area contributed by atoms with E-state index in [-0.39, 0.29) is 47.7 Å². The third-order valence-corrected chi connectivity index (χ3v) is 6.74. The second-order valence-electron chi connectivity index (χ2n) is 6.87. The highest BCUT2D eigenvalue weighted by Gasteiger charge is 2.32. The first-order valence-corrected chi connectivity index (χ1v) is 11.0. The molecule has 26 heavy (non-hydrogen) atoms. The highest BCUT2D eigenvalue weighted by molar-refractivity contribution is 14.0. The number of ether oxygens (including phenoxy) is 2. The Morgan fingerprint density at radius 1 is 1.15 bits per heavy atom. The molecule has 0 radical (unpaired) electrons. The second-order valence-corrected chi connectivity index (χ2v) is 9.18. The van der Waals surface area contributed by atoms with Crippen LogP contribution in [0.5, 0.6) is 0 Å². The van der Waals surface area contributed by atoms with Crippen LogP contribution in [0.15, 0.2) is 4.99 Å². The summed E-state index contributed by atoms with van der Waals surface area (Å²) in [5.74, 6) is 1.43. The monoisotopic (exact) mass is 502 g/mol. The summed E-state index contributed by atoms with van der Waals surface area (Å²) < 4.78 is 34.6. The molecule has 3 rings (SSSR count). The SMILES string of the molecule is CN=C(NCCN1CCS(=O)(=O)CC1)N1CCOC(C2CCCO2)C1.I. The molecule has 3 fully saturated rings. The van der Waals surface area contributed by atoms with Crippen LogP contribution < -0.4 is 5.32 Å². The maximum Gasteiger partial charge on any atom is 0.193 e. The fraction of sp³-hybridized carbons (Fsp3) is 0.938. The van der Waals surface area contributed by atoms with E-state index in [0.29, 0.717) is 19.7 Å². The quantitative estimate of drug-likeness (QED) is 0.324. The minimum atomic E-state index is -2.81. The average Bonchev–Trinajstić information content (AvgIpc) is 3.15. The molecule has 0 aliphatic carbocycles. The summed E-state index contributed by atoms with van der Waals surface area (Å²) in [6, 6.07) is 0. The topological polar surface area (TPSA) is 83.5 Å². The second kappa shape index (κ2) is 10.4. The zero-order valence-corrected chi connectivity index (χ0v) is 18.6. The van der Waals surface area contributed by atoms with Gasteiger partial charge >= 0.3 is 0 Å². The van der Waals surface area contributed by atoms with E-state index in [0.717, 1.165) is 51.6 Å². The fourth-order valence-electron chi connectivity index (χ4n) is 3.62. The Hall–Kier alpha value is -0.170. The van der Waals surface area contributed by atoms with Gasteiger partial charge in [0, 0.05) is 52.9 Å². The van der Waals surface area contributed by atoms with Crippen molar-refractivity contribution in [2.45, 2.75) is 25.0 Å². The van der Waals surface area contributed by atoms with Crippen LogP contribution in [0.1, 0.15) is 12.8 Å². The molecule has 2 atom stereocenters. The Morgan fingerprint density at radius 3 is 2.54 bits per heavy atom. The molecule has 0 aromatic carbocycles. The van der Waals surface area contributed by atoms with Gasteiger partial charge < -0.3 is 19.7 Å². The third kappa shape index (κ3) is 6.18. The van der Waals surface area contributed by atoms with Gasteiger partial charge in [0.25, 0.3) is 0 Å². The lowest BCUT2D eigenvalue weighted by Gasteiger charge is -2.37. The van der Waals surface area contributed by atoms with E-state index in [4.69, 9.17) is 9.47 Å². The van der Waals surface area contributed by atoms with E-state index in [1.54, 1.807) is 7.05 Å². The molecule has 1 N–H and O–H groups in total. The Balaban J connectivity index is 0.00000243. The van der Waals surface area contributed by atoms with Gasteiger partial charge in [-0.25, -0.2) is 8.42 Å². The average molecular weight is 502 g/mol. The first-order valence-electron chi connectivity index (χ1n) is 9.19. The summed E-state index contributed by atoms with van der Waals surface area (Å²) in [4.78, 5) is 8.82. The smallest absolute Gasteiger partial charge is 0.193 e. The van der Waals surface area contributed by atoms with E-state index in [2.05, 4.69) is 20.1 Å². The number of nitrogens with zero attached hydrogens (tertiary/aromatic N) is 3. The first-order chi connectivity index (χ1) is 12.1. The fourth-order valence-corrected chi connectivity index (χ4v) is 4.90. The van der Waals surface area contributed by atoms with Crippen molar-refractivity contribution in [1.29, 1.82) is 0 Å². The van der Waals surface area contributed by atoms with Crippen LogP contribution in [-0.4, -0.2) is 107 Å². The summed E-state index contributed by atoms with van der Waals surface area (Å²) >= 11 is 0. The maximum absolute atomic E-state index is 11.5. The van der Waals surface area contributed by atoms with Crippen LogP contribution in [0.3, 0.4) is 0 Å². The number of rotatable bonds is 4. The van der Waals surface area contributed by atoms with Crippen molar-refractivity contribution in [2.24, 2.45) is 4.99 Å². The van der Waals surface area contributed by atoms with Crippen molar-refractivity contribution in [3.05, 3.63) is 0 Å². The van der Waals surface area contributed by atoms with Gasteiger partial charge in [0.05, 0.1) is 24.2 Å². The Kier molecular flexibility index (Phi) is 8.84. The molecule has 152 valence electrons. The van der Waals surface area contributed by atoms with Crippen LogP contribution in [0.4, 0.5) is 0 Å². The predicted octanol–water partition coefficient (Wildman–Crippen LogP) is -0.210. The minimum Gasteiger partial charge on any atom is -0.375 e. The normalized spacial score (nSPS) is 30.0. The van der Waals surface area contributed by atoms with E-state index >= 15 is 0 Å². The molecule has 0 aromatic rings. The van der Waals surface area contributed by atoms with Gasteiger partial charge in [-0.2, -0.15) is 0 Å². The molecule has 3 heterocycles. The molecule has 0 aromatic heterocycles. The first kappa shape index (κ1) is 22.1. The van der Waals surface area contributed by atoms with Crippen LogP contribution in [-0.2, 0) is 19.3 Å². The highest BCUT2D eigenvalue weighted by atomic mass is 127. The maximum atomic E-state index is 11.5. The highest BCUT2D eigenvalue weighted by Crippen LogP contribution is 2.21. The molecule has 0 amide bonds. The van der Waals surface area contributed by atoms with Crippen LogP contribution in [0.25, 0.3) is 0 Å². The molecule has 3 aliphatic rings. The largest absolute Gasteiger partial charge is 0.375 e. The third-order valence-electron chi connectivity index (χ3n) is 5.13. The van der Waals surface area contributed by atoms with E-state index in [1.165, 1.54) is 0 Å². The summed E-state index contributed by atoms with van der Waals surface area (Å²) in [5, 5.41) is 3.41. The van der Waals surface area contributed by atoms with Crippen molar-refractivity contribution in [2.75, 3.05) is 71.0 Å². The molecule has 8 nitrogen and oxygen atoms in total. The van der Waals surface area contributed by atoms with Gasteiger partial charge in [-0.1, -0.05) is 0 Å². The van der Waals surface area contributed by atoms with Gasteiger partial charge in [-0.3, -0.25) is 9.89 Å². The molecule has 3 saturated heterocycles. The number of hydrogen-bond acceptors (Lipinski definition) is 6. The summed E-state index contributed by atoms with van der Waals surface area (Å²) in [6.45, 7) is 5.99. The van der Waals surface area contributed by atoms with Crippen molar-refractivity contribution >= 4 is 39.8 Å². The summed E-state index contributed by atoms with van der Waals surface area (Å²) in [7, 11) is -1.01. The lowest BCUT2D eigenvalue weighted by molar-refractivity contribution is -0.0817. The number of hydrogen-bond donors (Lipinski definition) is 1. The molecule has 10 heteroatoms. The summed E-state index contributed by atoms with van der Waals surface area (Å²) in [5.41, 5.74) is 0. The lowest BCUT2D eigenvalue weighted by atomic mass is 10.1. The molecule has 2 unspecified atom stereocenters. The van der Waals surface area contributed by atoms with E-state index in [1.807, 2.05) is 0 Å². The van der Waals surface area contributed by atoms with Crippen molar-refractivity contribution in [1.82, 2.24) is 15.1 Å². The Labute approximate surface area is 173 Å². The summed E-state index contributed by atoms with van der Waals surface area (Å²) in [6.07, 6.45) is 2.50.